The Kier molecular flexibility index (Phi) is 2.82. The normalized spacial score (nSPS) is 26.0. The van der Waals surface area contributed by atoms with Crippen molar-refractivity contribution in [3.05, 3.63) is 0 Å². The fourth-order valence-electron chi connectivity index (χ4n) is 1.52. The second kappa shape index (κ2) is 3.36. The molecule has 1 fully saturated rings. The smallest absolute Gasteiger partial charge is 0.243 e. The molecule has 0 saturated heterocycles. The molecule has 1 aliphatic rings. The van der Waals surface area contributed by atoms with Crippen molar-refractivity contribution in [2.24, 2.45) is 0 Å². The van der Waals surface area contributed by atoms with E-state index in [9.17, 15) is 25.5 Å². The Hall–Kier alpha value is -0.330. The largest absolute Gasteiger partial charge is 0.305 e. The minimum atomic E-state index is -4.94. The van der Waals surface area contributed by atoms with Crippen LogP contribution in [0.2, 0.25) is 0 Å². The van der Waals surface area contributed by atoms with E-state index in [0.717, 1.165) is 0 Å². The minimum absolute atomic E-state index is 0.608. The van der Waals surface area contributed by atoms with Crippen LogP contribution in [0.4, 0.5) is 17.1 Å². The standard InChI is InChI=1S/C7H10F4O2S/c8-6(5-14(11,12)13)1-3-7(9,10)4-2-6/h1-5H2. The number of hydrogen-bond acceptors (Lipinski definition) is 2. The summed E-state index contributed by atoms with van der Waals surface area (Å²) in [5.74, 6) is -4.26. The molecule has 0 aromatic carbocycles. The molecule has 0 unspecified atom stereocenters. The van der Waals surface area contributed by atoms with Crippen LogP contribution in [0.25, 0.3) is 0 Å². The highest BCUT2D eigenvalue weighted by atomic mass is 32.3. The molecule has 14 heavy (non-hydrogen) atoms. The summed E-state index contributed by atoms with van der Waals surface area (Å²) >= 11 is 0. The molecule has 0 radical (unpaired) electrons. The maximum atomic E-state index is 13.5. The van der Waals surface area contributed by atoms with Crippen LogP contribution in [-0.4, -0.2) is 25.8 Å². The highest BCUT2D eigenvalue weighted by Crippen LogP contribution is 2.41. The second-order valence-electron chi connectivity index (χ2n) is 3.69. The first kappa shape index (κ1) is 11.7. The number of halogens is 4. The van der Waals surface area contributed by atoms with Crippen molar-refractivity contribution in [3.8, 4) is 0 Å². The Balaban J connectivity index is 2.63. The zero-order valence-corrected chi connectivity index (χ0v) is 8.09. The lowest BCUT2D eigenvalue weighted by Crippen LogP contribution is -2.39. The van der Waals surface area contributed by atoms with Crippen LogP contribution < -0.4 is 0 Å². The van der Waals surface area contributed by atoms with Gasteiger partial charge in [-0.3, -0.25) is 0 Å². The molecule has 1 aliphatic carbocycles. The summed E-state index contributed by atoms with van der Waals surface area (Å²) in [6, 6.07) is 0. The van der Waals surface area contributed by atoms with Gasteiger partial charge in [0.05, 0.1) is 0 Å². The molecule has 0 spiro atoms. The van der Waals surface area contributed by atoms with E-state index in [1.807, 2.05) is 0 Å². The predicted octanol–water partition coefficient (Wildman–Crippen LogP) is 2.20. The van der Waals surface area contributed by atoms with Gasteiger partial charge in [0.2, 0.25) is 5.92 Å². The summed E-state index contributed by atoms with van der Waals surface area (Å²) in [4.78, 5) is 0. The van der Waals surface area contributed by atoms with Crippen molar-refractivity contribution >= 4 is 10.2 Å². The van der Waals surface area contributed by atoms with Crippen molar-refractivity contribution < 1.29 is 25.5 Å². The molecule has 84 valence electrons. The second-order valence-corrected chi connectivity index (χ2v) is 5.06. The predicted molar refractivity (Wildman–Crippen MR) is 42.1 cm³/mol. The lowest BCUT2D eigenvalue weighted by atomic mass is 9.85. The topological polar surface area (TPSA) is 34.1 Å². The molecule has 7 heteroatoms. The number of hydrogen-bond donors (Lipinski definition) is 0. The Labute approximate surface area is 79.5 Å². The summed E-state index contributed by atoms with van der Waals surface area (Å²) in [7, 11) is -4.94. The molecule has 0 atom stereocenters. The third kappa shape index (κ3) is 3.43. The summed E-state index contributed by atoms with van der Waals surface area (Å²) < 4.78 is 71.1. The molecule has 0 heterocycles. The van der Waals surface area contributed by atoms with Gasteiger partial charge >= 0.3 is 10.2 Å². The maximum Gasteiger partial charge on any atom is 0.305 e. The van der Waals surface area contributed by atoms with E-state index in [1.54, 1.807) is 0 Å². The third-order valence-corrected chi connectivity index (χ3v) is 3.17. The van der Waals surface area contributed by atoms with E-state index in [0.29, 0.717) is 0 Å². The van der Waals surface area contributed by atoms with Gasteiger partial charge in [-0.2, -0.15) is 8.42 Å². The average Bonchev–Trinajstić information content (AvgIpc) is 1.93. The molecular formula is C7H10F4O2S. The van der Waals surface area contributed by atoms with Crippen molar-refractivity contribution in [1.29, 1.82) is 0 Å². The number of alkyl halides is 3. The van der Waals surface area contributed by atoms with Crippen LogP contribution in [0.1, 0.15) is 25.7 Å². The van der Waals surface area contributed by atoms with Crippen molar-refractivity contribution in [2.75, 3.05) is 5.75 Å². The monoisotopic (exact) mass is 234 g/mol. The van der Waals surface area contributed by atoms with E-state index in [4.69, 9.17) is 0 Å². The molecule has 0 aromatic rings. The first-order chi connectivity index (χ1) is 6.12. The van der Waals surface area contributed by atoms with Crippen LogP contribution in [0, 0.1) is 0 Å². The molecule has 0 aliphatic heterocycles. The van der Waals surface area contributed by atoms with Gasteiger partial charge in [0, 0.05) is 12.8 Å². The molecule has 1 saturated carbocycles. The summed E-state index contributed by atoms with van der Waals surface area (Å²) in [5.41, 5.74) is -2.32. The van der Waals surface area contributed by atoms with E-state index in [1.165, 1.54) is 0 Å². The Morgan fingerprint density at radius 3 is 1.79 bits per heavy atom. The van der Waals surface area contributed by atoms with Gasteiger partial charge in [-0.1, -0.05) is 0 Å². The molecule has 0 N–H and O–H groups in total. The van der Waals surface area contributed by atoms with Gasteiger partial charge in [0.1, 0.15) is 11.4 Å². The lowest BCUT2D eigenvalue weighted by molar-refractivity contribution is -0.0700. The van der Waals surface area contributed by atoms with E-state index in [2.05, 4.69) is 0 Å². The molecule has 0 amide bonds. The zero-order chi connectivity index (χ0) is 11.0. The highest BCUT2D eigenvalue weighted by Gasteiger charge is 2.46. The van der Waals surface area contributed by atoms with Crippen LogP contribution in [0.15, 0.2) is 0 Å². The van der Waals surface area contributed by atoms with E-state index >= 15 is 0 Å². The molecule has 2 nitrogen and oxygen atoms in total. The molecule has 0 bridgehead atoms. The van der Waals surface area contributed by atoms with Gasteiger partial charge in [-0.15, -0.1) is 3.89 Å². The first-order valence-corrected chi connectivity index (χ1v) is 5.66. The lowest BCUT2D eigenvalue weighted by Gasteiger charge is -2.32. The Morgan fingerprint density at radius 2 is 1.43 bits per heavy atom. The fraction of sp³-hybridized carbons (Fsp3) is 1.00. The van der Waals surface area contributed by atoms with Crippen molar-refractivity contribution in [1.82, 2.24) is 0 Å². The summed E-state index contributed by atoms with van der Waals surface area (Å²) in [6.07, 6.45) is -2.66. The summed E-state index contributed by atoms with van der Waals surface area (Å²) in [5, 5.41) is 0. The Bertz CT molecular complexity index is 302. The third-order valence-electron chi connectivity index (χ3n) is 2.31. The highest BCUT2D eigenvalue weighted by molar-refractivity contribution is 7.86. The molecule has 0 aromatic heterocycles. The minimum Gasteiger partial charge on any atom is -0.243 e. The Morgan fingerprint density at radius 1 is 1.00 bits per heavy atom. The molecule has 1 rings (SSSR count). The quantitative estimate of drug-likeness (QED) is 0.542. The van der Waals surface area contributed by atoms with Crippen LogP contribution in [0.3, 0.4) is 0 Å². The van der Waals surface area contributed by atoms with Crippen LogP contribution in [0.5, 0.6) is 0 Å². The van der Waals surface area contributed by atoms with Gasteiger partial charge in [-0.05, 0) is 12.8 Å². The zero-order valence-electron chi connectivity index (χ0n) is 7.27. The fourth-order valence-corrected chi connectivity index (χ4v) is 2.42. The summed E-state index contributed by atoms with van der Waals surface area (Å²) in [6.45, 7) is 0. The van der Waals surface area contributed by atoms with Gasteiger partial charge in [0.25, 0.3) is 0 Å². The van der Waals surface area contributed by atoms with Gasteiger partial charge < -0.3 is 0 Å². The molecular weight excluding hydrogens is 224 g/mol. The van der Waals surface area contributed by atoms with Gasteiger partial charge in [-0.25, -0.2) is 13.2 Å². The van der Waals surface area contributed by atoms with Crippen molar-refractivity contribution in [2.45, 2.75) is 37.3 Å². The maximum absolute atomic E-state index is 13.5. The van der Waals surface area contributed by atoms with Crippen LogP contribution in [-0.2, 0) is 10.2 Å². The van der Waals surface area contributed by atoms with Gasteiger partial charge in [0.15, 0.2) is 0 Å². The van der Waals surface area contributed by atoms with Crippen LogP contribution >= 0.6 is 0 Å². The average molecular weight is 234 g/mol. The van der Waals surface area contributed by atoms with E-state index < -0.39 is 53.3 Å². The van der Waals surface area contributed by atoms with Crippen molar-refractivity contribution in [3.63, 3.8) is 0 Å². The number of rotatable bonds is 2. The van der Waals surface area contributed by atoms with E-state index in [-0.39, 0.29) is 0 Å². The SMILES string of the molecule is O=S(=O)(F)CC1(F)CCC(F)(F)CC1. The first-order valence-electron chi connectivity index (χ1n) is 4.11.